The number of rotatable bonds is 7. The molecule has 0 aliphatic rings. The van der Waals surface area contributed by atoms with Crippen LogP contribution in [0.5, 0.6) is 5.88 Å². The second-order valence-corrected chi connectivity index (χ2v) is 5.10. The van der Waals surface area contributed by atoms with Gasteiger partial charge in [0.15, 0.2) is 0 Å². The van der Waals surface area contributed by atoms with E-state index in [0.29, 0.717) is 12.4 Å². The van der Waals surface area contributed by atoms with Gasteiger partial charge in [-0.3, -0.25) is 4.90 Å². The predicted octanol–water partition coefficient (Wildman–Crippen LogP) is 2.26. The largest absolute Gasteiger partial charge is 0.481 e. The lowest BCUT2D eigenvalue weighted by Crippen LogP contribution is -2.32. The van der Waals surface area contributed by atoms with E-state index in [1.807, 2.05) is 24.4 Å². The van der Waals surface area contributed by atoms with E-state index in [-0.39, 0.29) is 6.04 Å². The molecule has 1 unspecified atom stereocenters. The molecule has 0 aliphatic carbocycles. The normalized spacial score (nSPS) is 12.4. The van der Waals surface area contributed by atoms with Crippen LogP contribution in [0.4, 0.5) is 0 Å². The summed E-state index contributed by atoms with van der Waals surface area (Å²) in [5, 5.41) is 0. The molecule has 2 rings (SSSR count). The van der Waals surface area contributed by atoms with E-state index in [2.05, 4.69) is 41.2 Å². The van der Waals surface area contributed by atoms with Crippen LogP contribution in [0.2, 0.25) is 0 Å². The van der Waals surface area contributed by atoms with Crippen LogP contribution < -0.4 is 10.5 Å². The van der Waals surface area contributed by atoms with E-state index in [4.69, 9.17) is 10.5 Å². The van der Waals surface area contributed by atoms with Crippen molar-refractivity contribution in [2.24, 2.45) is 5.73 Å². The van der Waals surface area contributed by atoms with Crippen molar-refractivity contribution in [1.29, 1.82) is 0 Å². The number of ether oxygens (including phenoxy) is 1. The molecule has 2 N–H and O–H groups in total. The zero-order valence-electron chi connectivity index (χ0n) is 12.7. The summed E-state index contributed by atoms with van der Waals surface area (Å²) in [5.41, 5.74) is 8.40. The van der Waals surface area contributed by atoms with E-state index in [9.17, 15) is 0 Å². The lowest BCUT2D eigenvalue weighted by atomic mass is 10.1. The van der Waals surface area contributed by atoms with Crippen molar-refractivity contribution < 1.29 is 4.74 Å². The van der Waals surface area contributed by atoms with Gasteiger partial charge in [0.05, 0.1) is 7.11 Å². The van der Waals surface area contributed by atoms with E-state index in [0.717, 1.165) is 18.5 Å². The first-order chi connectivity index (χ1) is 10.2. The molecule has 1 aromatic carbocycles. The number of methoxy groups -OCH3 is 1. The van der Waals surface area contributed by atoms with Crippen LogP contribution in [0.15, 0.2) is 48.7 Å². The molecule has 2 aromatic rings. The van der Waals surface area contributed by atoms with Crippen molar-refractivity contribution in [3.8, 4) is 5.88 Å². The van der Waals surface area contributed by atoms with Gasteiger partial charge in [0.1, 0.15) is 0 Å². The van der Waals surface area contributed by atoms with Crippen LogP contribution in [-0.4, -0.2) is 37.1 Å². The number of aromatic nitrogens is 1. The monoisotopic (exact) mass is 285 g/mol. The fourth-order valence-electron chi connectivity index (χ4n) is 2.39. The first kappa shape index (κ1) is 15.5. The molecule has 0 aliphatic heterocycles. The lowest BCUT2D eigenvalue weighted by molar-refractivity contribution is 0.252. The molecule has 1 aromatic heterocycles. The van der Waals surface area contributed by atoms with Crippen molar-refractivity contribution in [2.75, 3.05) is 27.2 Å². The Morgan fingerprint density at radius 3 is 2.52 bits per heavy atom. The second-order valence-electron chi connectivity index (χ2n) is 5.10. The van der Waals surface area contributed by atoms with Crippen LogP contribution >= 0.6 is 0 Å². The maximum absolute atomic E-state index is 5.94. The van der Waals surface area contributed by atoms with Crippen LogP contribution in [0, 0.1) is 0 Å². The third-order valence-electron chi connectivity index (χ3n) is 3.70. The first-order valence-corrected chi connectivity index (χ1v) is 7.18. The minimum Gasteiger partial charge on any atom is -0.481 e. The van der Waals surface area contributed by atoms with Crippen molar-refractivity contribution in [3.05, 3.63) is 59.8 Å². The second kappa shape index (κ2) is 7.76. The van der Waals surface area contributed by atoms with E-state index < -0.39 is 0 Å². The van der Waals surface area contributed by atoms with Crippen molar-refractivity contribution in [1.82, 2.24) is 9.88 Å². The highest BCUT2D eigenvalue weighted by molar-refractivity contribution is 5.21. The average molecular weight is 285 g/mol. The summed E-state index contributed by atoms with van der Waals surface area (Å²) in [4.78, 5) is 6.54. The molecule has 1 atom stereocenters. The number of nitrogens with zero attached hydrogens (tertiary/aromatic N) is 2. The Morgan fingerprint density at radius 2 is 1.95 bits per heavy atom. The Morgan fingerprint density at radius 1 is 1.19 bits per heavy atom. The van der Waals surface area contributed by atoms with E-state index in [1.54, 1.807) is 7.11 Å². The van der Waals surface area contributed by atoms with Crippen molar-refractivity contribution >= 4 is 0 Å². The number of nitrogens with two attached hydrogens (primary N) is 1. The molecule has 0 saturated heterocycles. The molecule has 0 amide bonds. The Labute approximate surface area is 126 Å². The van der Waals surface area contributed by atoms with Gasteiger partial charge in [-0.2, -0.15) is 0 Å². The molecule has 0 saturated carbocycles. The minimum absolute atomic E-state index is 0.173. The molecule has 4 nitrogen and oxygen atoms in total. The highest BCUT2D eigenvalue weighted by atomic mass is 16.5. The summed E-state index contributed by atoms with van der Waals surface area (Å²) in [6.45, 7) is 1.53. The first-order valence-electron chi connectivity index (χ1n) is 7.18. The van der Waals surface area contributed by atoms with Gasteiger partial charge in [-0.05, 0) is 24.6 Å². The Hall–Kier alpha value is -1.91. The molecule has 0 fully saturated rings. The van der Waals surface area contributed by atoms with Gasteiger partial charge in [-0.15, -0.1) is 0 Å². The highest BCUT2D eigenvalue weighted by Crippen LogP contribution is 2.19. The fourth-order valence-corrected chi connectivity index (χ4v) is 2.39. The molecule has 0 radical (unpaired) electrons. The van der Waals surface area contributed by atoms with E-state index >= 15 is 0 Å². The van der Waals surface area contributed by atoms with Gasteiger partial charge < -0.3 is 10.5 Å². The molecule has 4 heteroatoms. The average Bonchev–Trinajstić information content (AvgIpc) is 2.55. The van der Waals surface area contributed by atoms with Gasteiger partial charge >= 0.3 is 0 Å². The van der Waals surface area contributed by atoms with Gasteiger partial charge in [0, 0.05) is 31.4 Å². The number of benzene rings is 1. The summed E-state index contributed by atoms with van der Waals surface area (Å²) >= 11 is 0. The number of likely N-dealkylation sites (N-methyl/N-ethyl adjacent to an activating group) is 1. The number of pyridine rings is 1. The molecule has 1 heterocycles. The van der Waals surface area contributed by atoms with Crippen LogP contribution in [0.1, 0.15) is 17.2 Å². The maximum Gasteiger partial charge on any atom is 0.212 e. The van der Waals surface area contributed by atoms with Gasteiger partial charge in [0.25, 0.3) is 0 Å². The number of hydrogen-bond donors (Lipinski definition) is 1. The zero-order chi connectivity index (χ0) is 15.1. The molecular formula is C17H23N3O. The van der Waals surface area contributed by atoms with Crippen molar-refractivity contribution in [3.63, 3.8) is 0 Å². The zero-order valence-corrected chi connectivity index (χ0v) is 12.7. The summed E-state index contributed by atoms with van der Waals surface area (Å²) in [5.74, 6) is 0.626. The van der Waals surface area contributed by atoms with Crippen LogP contribution in [-0.2, 0) is 6.42 Å². The highest BCUT2D eigenvalue weighted by Gasteiger charge is 2.15. The third kappa shape index (κ3) is 4.28. The predicted molar refractivity (Wildman–Crippen MR) is 85.4 cm³/mol. The molecule has 21 heavy (non-hydrogen) atoms. The van der Waals surface area contributed by atoms with Crippen LogP contribution in [0.3, 0.4) is 0 Å². The topological polar surface area (TPSA) is 51.4 Å². The summed E-state index contributed by atoms with van der Waals surface area (Å²) in [7, 11) is 3.72. The minimum atomic E-state index is 0.173. The summed E-state index contributed by atoms with van der Waals surface area (Å²) < 4.78 is 5.09. The van der Waals surface area contributed by atoms with Gasteiger partial charge in [-0.1, -0.05) is 36.4 Å². The van der Waals surface area contributed by atoms with Gasteiger partial charge in [-0.25, -0.2) is 4.98 Å². The van der Waals surface area contributed by atoms with Crippen LogP contribution in [0.25, 0.3) is 0 Å². The molecule has 0 spiro atoms. The Balaban J connectivity index is 1.98. The fraction of sp³-hybridized carbons (Fsp3) is 0.353. The quantitative estimate of drug-likeness (QED) is 0.848. The Bertz CT molecular complexity index is 527. The summed E-state index contributed by atoms with van der Waals surface area (Å²) in [6.07, 6.45) is 2.85. The van der Waals surface area contributed by atoms with Gasteiger partial charge in [0.2, 0.25) is 5.88 Å². The maximum atomic E-state index is 5.94. The number of hydrogen-bond acceptors (Lipinski definition) is 4. The molecule has 0 bridgehead atoms. The lowest BCUT2D eigenvalue weighted by Gasteiger charge is -2.27. The standard InChI is InChI=1S/C17H23N3O/c1-20(11-10-14-6-4-3-5-7-14)16(12-18)15-8-9-17(21-2)19-13-15/h3-9,13,16H,10-12,18H2,1-2H3. The molecular weight excluding hydrogens is 262 g/mol. The smallest absolute Gasteiger partial charge is 0.212 e. The van der Waals surface area contributed by atoms with Crippen molar-refractivity contribution in [2.45, 2.75) is 12.5 Å². The summed E-state index contributed by atoms with van der Waals surface area (Å²) in [6, 6.07) is 14.6. The van der Waals surface area contributed by atoms with E-state index in [1.165, 1.54) is 5.56 Å². The Kier molecular flexibility index (Phi) is 5.72. The third-order valence-corrected chi connectivity index (χ3v) is 3.70. The SMILES string of the molecule is COc1ccc(C(CN)N(C)CCc2ccccc2)cn1. The molecule has 112 valence electrons.